The first-order valence-corrected chi connectivity index (χ1v) is 15.3. The highest BCUT2D eigenvalue weighted by Gasteiger charge is 2.23. The number of tetrazole rings is 1. The van der Waals surface area contributed by atoms with Gasteiger partial charge in [0.1, 0.15) is 0 Å². The molecule has 0 atom stereocenters. The molecular weight excluding hydrogens is 560 g/mol. The molecule has 9 nitrogen and oxygen atoms in total. The summed E-state index contributed by atoms with van der Waals surface area (Å²) in [5.74, 6) is 0.717. The molecule has 0 bridgehead atoms. The smallest absolute Gasteiger partial charge is 0.306 e. The topological polar surface area (TPSA) is 97.5 Å². The minimum absolute atomic E-state index is 0.00873. The van der Waals surface area contributed by atoms with Gasteiger partial charge in [-0.3, -0.25) is 9.47 Å². The highest BCUT2D eigenvalue weighted by molar-refractivity contribution is 5.93. The third-order valence-corrected chi connectivity index (χ3v) is 8.96. The fourth-order valence-corrected chi connectivity index (χ4v) is 6.65. The molecule has 1 aliphatic rings. The van der Waals surface area contributed by atoms with Gasteiger partial charge < -0.3 is 4.98 Å². The molecule has 1 aliphatic heterocycles. The van der Waals surface area contributed by atoms with Crippen LogP contribution in [0.2, 0.25) is 0 Å². The standard InChI is InChI=1S/C36H32N8O/c1-42-35(39-40-41-42)27-15-16-31-28(21-27)22-30(25-7-3-2-4-8-25)34(37-31)26-13-11-24(12-14-26)23-43-19-17-29(18-20-43)44-33-10-6-5-9-32(33)38-36(44)45/h2-16,21-22,29H,17-20,23H2,1H3,(H,38,45). The van der Waals surface area contributed by atoms with E-state index in [2.05, 4.69) is 86.1 Å². The lowest BCUT2D eigenvalue weighted by Gasteiger charge is -2.32. The molecule has 9 heteroatoms. The van der Waals surface area contributed by atoms with Gasteiger partial charge in [0.05, 0.1) is 22.2 Å². The first-order chi connectivity index (χ1) is 22.1. The molecule has 45 heavy (non-hydrogen) atoms. The maximum absolute atomic E-state index is 12.7. The van der Waals surface area contributed by atoms with Crippen molar-refractivity contribution in [3.63, 3.8) is 0 Å². The molecule has 0 radical (unpaired) electrons. The van der Waals surface area contributed by atoms with Crippen LogP contribution in [0, 0.1) is 0 Å². The third-order valence-electron chi connectivity index (χ3n) is 8.96. The van der Waals surface area contributed by atoms with Gasteiger partial charge in [-0.2, -0.15) is 0 Å². The van der Waals surface area contributed by atoms with Gasteiger partial charge in [0, 0.05) is 54.8 Å². The molecule has 0 aliphatic carbocycles. The highest BCUT2D eigenvalue weighted by Crippen LogP contribution is 2.35. The maximum Gasteiger partial charge on any atom is 0.326 e. The van der Waals surface area contributed by atoms with E-state index in [1.165, 1.54) is 5.56 Å². The molecule has 3 aromatic heterocycles. The average Bonchev–Trinajstić information content (AvgIpc) is 3.67. The van der Waals surface area contributed by atoms with Crippen molar-refractivity contribution in [2.24, 2.45) is 7.05 Å². The summed E-state index contributed by atoms with van der Waals surface area (Å²) in [6.45, 7) is 2.79. The number of aromatic nitrogens is 7. The number of nitrogens with zero attached hydrogens (tertiary/aromatic N) is 7. The van der Waals surface area contributed by atoms with Gasteiger partial charge in [0.15, 0.2) is 5.82 Å². The fourth-order valence-electron chi connectivity index (χ4n) is 6.65. The molecule has 4 heterocycles. The quantitative estimate of drug-likeness (QED) is 0.246. The van der Waals surface area contributed by atoms with Crippen molar-refractivity contribution in [3.8, 4) is 33.8 Å². The summed E-state index contributed by atoms with van der Waals surface area (Å²) in [7, 11) is 1.84. The number of nitrogens with one attached hydrogen (secondary N) is 1. The summed E-state index contributed by atoms with van der Waals surface area (Å²) in [5, 5.41) is 13.0. The first kappa shape index (κ1) is 27.2. The number of fused-ring (bicyclic) bond motifs is 2. The van der Waals surface area contributed by atoms with Crippen LogP contribution in [0.4, 0.5) is 0 Å². The van der Waals surface area contributed by atoms with Crippen LogP contribution in [0.1, 0.15) is 24.4 Å². The van der Waals surface area contributed by atoms with E-state index in [-0.39, 0.29) is 11.7 Å². The number of aromatic amines is 1. The summed E-state index contributed by atoms with van der Waals surface area (Å²) in [6, 6.07) is 35.8. The molecule has 8 rings (SSSR count). The zero-order valence-corrected chi connectivity index (χ0v) is 25.0. The number of aryl methyl sites for hydroxylation is 1. The van der Waals surface area contributed by atoms with Crippen molar-refractivity contribution in [1.29, 1.82) is 0 Å². The SMILES string of the molecule is Cn1nnnc1-c1ccc2nc(-c3ccc(CN4CCC(n5c(=O)[nH]c6ccccc65)CC4)cc3)c(-c3ccccc3)cc2c1. The Kier molecular flexibility index (Phi) is 6.80. The summed E-state index contributed by atoms with van der Waals surface area (Å²) in [5.41, 5.74) is 9.28. The van der Waals surface area contributed by atoms with Crippen molar-refractivity contribution in [3.05, 3.63) is 119 Å². The Bertz CT molecular complexity index is 2190. The largest absolute Gasteiger partial charge is 0.326 e. The van der Waals surface area contributed by atoms with Crippen LogP contribution < -0.4 is 5.69 Å². The Balaban J connectivity index is 1.04. The predicted molar refractivity (Wildman–Crippen MR) is 177 cm³/mol. The van der Waals surface area contributed by atoms with E-state index >= 15 is 0 Å². The van der Waals surface area contributed by atoms with E-state index in [0.717, 1.165) is 82.4 Å². The molecule has 0 unspecified atom stereocenters. The van der Waals surface area contributed by atoms with Crippen molar-refractivity contribution < 1.29 is 0 Å². The number of H-pyrrole nitrogens is 1. The van der Waals surface area contributed by atoms with E-state index in [9.17, 15) is 4.79 Å². The lowest BCUT2D eigenvalue weighted by Crippen LogP contribution is -2.36. The van der Waals surface area contributed by atoms with Gasteiger partial charge in [-0.15, -0.1) is 5.10 Å². The van der Waals surface area contributed by atoms with Gasteiger partial charge in [0.2, 0.25) is 0 Å². The van der Waals surface area contributed by atoms with Gasteiger partial charge in [-0.05, 0) is 70.8 Å². The second-order valence-corrected chi connectivity index (χ2v) is 11.8. The number of hydrogen-bond acceptors (Lipinski definition) is 6. The highest BCUT2D eigenvalue weighted by atomic mass is 16.1. The van der Waals surface area contributed by atoms with Crippen molar-refractivity contribution in [1.82, 2.24) is 39.6 Å². The minimum Gasteiger partial charge on any atom is -0.306 e. The third kappa shape index (κ3) is 5.11. The molecule has 0 amide bonds. The fraction of sp³-hybridized carbons (Fsp3) is 0.194. The normalized spacial score (nSPS) is 14.4. The van der Waals surface area contributed by atoms with Gasteiger partial charge in [0.25, 0.3) is 0 Å². The van der Waals surface area contributed by atoms with E-state index in [1.807, 2.05) is 54.1 Å². The zero-order valence-electron chi connectivity index (χ0n) is 25.0. The number of benzene rings is 4. The van der Waals surface area contributed by atoms with Crippen molar-refractivity contribution in [2.45, 2.75) is 25.4 Å². The molecule has 0 spiro atoms. The Labute approximate surface area is 259 Å². The molecule has 4 aromatic carbocycles. The Morgan fingerprint density at radius 1 is 0.822 bits per heavy atom. The second-order valence-electron chi connectivity index (χ2n) is 11.8. The first-order valence-electron chi connectivity index (χ1n) is 15.3. The van der Waals surface area contributed by atoms with E-state index < -0.39 is 0 Å². The van der Waals surface area contributed by atoms with Crippen molar-refractivity contribution in [2.75, 3.05) is 13.1 Å². The molecule has 1 N–H and O–H groups in total. The molecular formula is C36H32N8O. The Hall–Kier alpha value is -5.41. The molecule has 1 fully saturated rings. The van der Waals surface area contributed by atoms with Crippen LogP contribution in [0.15, 0.2) is 108 Å². The molecule has 1 saturated heterocycles. The summed E-state index contributed by atoms with van der Waals surface area (Å²) in [6.07, 6.45) is 1.91. The molecule has 7 aromatic rings. The van der Waals surface area contributed by atoms with E-state index in [4.69, 9.17) is 4.98 Å². The van der Waals surface area contributed by atoms with E-state index in [0.29, 0.717) is 5.82 Å². The summed E-state index contributed by atoms with van der Waals surface area (Å²) in [4.78, 5) is 23.4. The number of para-hydroxylation sites is 2. The number of hydrogen-bond donors (Lipinski definition) is 1. The number of piperidine rings is 1. The monoisotopic (exact) mass is 592 g/mol. The van der Waals surface area contributed by atoms with Crippen LogP contribution in [0.5, 0.6) is 0 Å². The second kappa shape index (κ2) is 11.3. The number of imidazole rings is 1. The minimum atomic E-state index is -0.00873. The Morgan fingerprint density at radius 3 is 2.36 bits per heavy atom. The van der Waals surface area contributed by atoms with Gasteiger partial charge >= 0.3 is 5.69 Å². The zero-order chi connectivity index (χ0) is 30.3. The lowest BCUT2D eigenvalue weighted by molar-refractivity contribution is 0.180. The molecule has 222 valence electrons. The lowest BCUT2D eigenvalue weighted by atomic mass is 9.96. The maximum atomic E-state index is 12.7. The van der Waals surface area contributed by atoms with E-state index in [1.54, 1.807) is 4.68 Å². The van der Waals surface area contributed by atoms with Crippen LogP contribution in [-0.2, 0) is 13.6 Å². The van der Waals surface area contributed by atoms with Crippen molar-refractivity contribution >= 4 is 21.9 Å². The van der Waals surface area contributed by atoms with Crippen LogP contribution >= 0.6 is 0 Å². The number of pyridine rings is 1. The Morgan fingerprint density at radius 2 is 1.58 bits per heavy atom. The summed E-state index contributed by atoms with van der Waals surface area (Å²) >= 11 is 0. The van der Waals surface area contributed by atoms with Crippen LogP contribution in [-0.4, -0.2) is 52.7 Å². The number of likely N-dealkylation sites (tertiary alicyclic amines) is 1. The number of rotatable bonds is 6. The van der Waals surface area contributed by atoms with Crippen LogP contribution in [0.3, 0.4) is 0 Å². The molecule has 0 saturated carbocycles. The van der Waals surface area contributed by atoms with Gasteiger partial charge in [-0.1, -0.05) is 66.7 Å². The average molecular weight is 593 g/mol. The summed E-state index contributed by atoms with van der Waals surface area (Å²) < 4.78 is 3.63. The predicted octanol–water partition coefficient (Wildman–Crippen LogP) is 6.24. The van der Waals surface area contributed by atoms with Crippen LogP contribution in [0.25, 0.3) is 55.7 Å². The van der Waals surface area contributed by atoms with Gasteiger partial charge in [-0.25, -0.2) is 14.5 Å².